The van der Waals surface area contributed by atoms with Gasteiger partial charge >= 0.3 is 0 Å². The minimum atomic E-state index is 0.784. The number of hydrogen-bond donors (Lipinski definition) is 0. The summed E-state index contributed by atoms with van der Waals surface area (Å²) in [7, 11) is 1.64. The quantitative estimate of drug-likeness (QED) is 0.557. The first-order valence-corrected chi connectivity index (χ1v) is 7.15. The van der Waals surface area contributed by atoms with Gasteiger partial charge in [-0.15, -0.1) is 0 Å². The predicted molar refractivity (Wildman–Crippen MR) is 90.4 cm³/mol. The minimum absolute atomic E-state index is 0.784. The lowest BCUT2D eigenvalue weighted by atomic mass is 9.97. The fourth-order valence-corrected chi connectivity index (χ4v) is 2.81. The maximum absolute atomic E-state index is 6.63. The molecule has 0 spiro atoms. The van der Waals surface area contributed by atoms with Crippen LogP contribution in [0.2, 0.25) is 5.02 Å². The molecule has 0 fully saturated rings. The first kappa shape index (κ1) is 13.7. The number of ether oxygens (including phenoxy) is 1. The molecule has 0 aliphatic rings. The molecule has 0 heterocycles. The molecule has 2 heteroatoms. The fourth-order valence-electron chi connectivity index (χ4n) is 2.47. The molecule has 0 aliphatic heterocycles. The smallest absolute Gasteiger partial charge is 0.0830 e. The van der Waals surface area contributed by atoms with E-state index < -0.39 is 0 Å². The second kappa shape index (κ2) is 6.02. The van der Waals surface area contributed by atoms with Crippen LogP contribution in [0.4, 0.5) is 0 Å². The standard InChI is InChI=1S/C19H15ClO/c1-21-13-12-15-7-2-4-8-16(15)18-11-10-14-6-3-5-9-17(14)19(18)20/h2-13H,1H3/b13-12+. The average molecular weight is 295 g/mol. The third-order valence-electron chi connectivity index (χ3n) is 3.50. The Kier molecular flexibility index (Phi) is 3.94. The molecule has 0 amide bonds. The maximum atomic E-state index is 6.63. The summed E-state index contributed by atoms with van der Waals surface area (Å²) in [4.78, 5) is 0. The van der Waals surface area contributed by atoms with Crippen LogP contribution in [0.1, 0.15) is 5.56 Å². The van der Waals surface area contributed by atoms with Crippen molar-refractivity contribution in [1.82, 2.24) is 0 Å². The summed E-state index contributed by atoms with van der Waals surface area (Å²) in [5.74, 6) is 0. The molecule has 21 heavy (non-hydrogen) atoms. The number of rotatable bonds is 3. The minimum Gasteiger partial charge on any atom is -0.504 e. The first-order valence-electron chi connectivity index (χ1n) is 6.77. The van der Waals surface area contributed by atoms with Gasteiger partial charge in [0.15, 0.2) is 0 Å². The van der Waals surface area contributed by atoms with E-state index in [0.29, 0.717) is 0 Å². The van der Waals surface area contributed by atoms with E-state index in [4.69, 9.17) is 16.3 Å². The maximum Gasteiger partial charge on any atom is 0.0830 e. The normalized spacial score (nSPS) is 11.1. The molecule has 0 atom stereocenters. The van der Waals surface area contributed by atoms with Crippen LogP contribution >= 0.6 is 11.6 Å². The van der Waals surface area contributed by atoms with Crippen LogP contribution in [0.15, 0.2) is 66.9 Å². The van der Waals surface area contributed by atoms with Crippen molar-refractivity contribution < 1.29 is 4.74 Å². The molecule has 0 radical (unpaired) electrons. The Balaban J connectivity index is 2.21. The second-order valence-electron chi connectivity index (χ2n) is 4.77. The lowest BCUT2D eigenvalue weighted by Crippen LogP contribution is -1.86. The van der Waals surface area contributed by atoms with Gasteiger partial charge in [0.1, 0.15) is 0 Å². The fraction of sp³-hybridized carbons (Fsp3) is 0.0526. The van der Waals surface area contributed by atoms with Gasteiger partial charge in [-0.1, -0.05) is 72.3 Å². The Morgan fingerprint density at radius 3 is 2.48 bits per heavy atom. The number of fused-ring (bicyclic) bond motifs is 1. The molecule has 1 nitrogen and oxygen atoms in total. The zero-order valence-electron chi connectivity index (χ0n) is 11.7. The van der Waals surface area contributed by atoms with Gasteiger partial charge in [-0.25, -0.2) is 0 Å². The van der Waals surface area contributed by atoms with Gasteiger partial charge in [0.05, 0.1) is 18.4 Å². The zero-order chi connectivity index (χ0) is 14.7. The van der Waals surface area contributed by atoms with Crippen molar-refractivity contribution >= 4 is 28.4 Å². The van der Waals surface area contributed by atoms with Crippen LogP contribution in [0, 0.1) is 0 Å². The molecule has 3 aromatic rings. The van der Waals surface area contributed by atoms with Crippen molar-refractivity contribution in [3.8, 4) is 11.1 Å². The van der Waals surface area contributed by atoms with E-state index in [2.05, 4.69) is 36.4 Å². The van der Waals surface area contributed by atoms with E-state index in [-0.39, 0.29) is 0 Å². The van der Waals surface area contributed by atoms with Gasteiger partial charge in [0.2, 0.25) is 0 Å². The van der Waals surface area contributed by atoms with Crippen molar-refractivity contribution in [3.05, 3.63) is 77.5 Å². The highest BCUT2D eigenvalue weighted by atomic mass is 35.5. The van der Waals surface area contributed by atoms with E-state index in [1.54, 1.807) is 13.4 Å². The molecule has 0 aliphatic carbocycles. The number of benzene rings is 3. The molecule has 0 unspecified atom stereocenters. The van der Waals surface area contributed by atoms with Crippen LogP contribution < -0.4 is 0 Å². The van der Waals surface area contributed by atoms with E-state index in [9.17, 15) is 0 Å². The monoisotopic (exact) mass is 294 g/mol. The highest BCUT2D eigenvalue weighted by Crippen LogP contribution is 2.36. The Morgan fingerprint density at radius 2 is 1.62 bits per heavy atom. The molecular weight excluding hydrogens is 280 g/mol. The molecule has 0 N–H and O–H groups in total. The predicted octanol–water partition coefficient (Wildman–Crippen LogP) is 5.78. The number of methoxy groups -OCH3 is 1. The molecule has 0 saturated carbocycles. The summed E-state index contributed by atoms with van der Waals surface area (Å²) in [5, 5.41) is 3.00. The Morgan fingerprint density at radius 1 is 0.857 bits per heavy atom. The van der Waals surface area contributed by atoms with Crippen LogP contribution in [-0.2, 0) is 4.74 Å². The average Bonchev–Trinajstić information content (AvgIpc) is 2.54. The summed E-state index contributed by atoms with van der Waals surface area (Å²) in [5.41, 5.74) is 3.21. The van der Waals surface area contributed by atoms with Crippen molar-refractivity contribution in [2.75, 3.05) is 7.11 Å². The molecular formula is C19H15ClO. The number of hydrogen-bond acceptors (Lipinski definition) is 1. The summed E-state index contributed by atoms with van der Waals surface area (Å²) < 4.78 is 5.02. The largest absolute Gasteiger partial charge is 0.504 e. The highest BCUT2D eigenvalue weighted by Gasteiger charge is 2.09. The molecule has 0 aromatic heterocycles. The SMILES string of the molecule is CO/C=C/c1ccccc1-c1ccc2ccccc2c1Cl. The van der Waals surface area contributed by atoms with Gasteiger partial charge in [-0.3, -0.25) is 0 Å². The van der Waals surface area contributed by atoms with E-state index in [0.717, 1.165) is 32.5 Å². The lowest BCUT2D eigenvalue weighted by molar-refractivity contribution is 0.341. The van der Waals surface area contributed by atoms with E-state index >= 15 is 0 Å². The van der Waals surface area contributed by atoms with Gasteiger partial charge in [-0.2, -0.15) is 0 Å². The molecule has 0 saturated heterocycles. The molecule has 3 aromatic carbocycles. The molecule has 0 bridgehead atoms. The van der Waals surface area contributed by atoms with Crippen molar-refractivity contribution in [1.29, 1.82) is 0 Å². The third kappa shape index (κ3) is 2.65. The van der Waals surface area contributed by atoms with Crippen LogP contribution in [0.3, 0.4) is 0 Å². The molecule has 104 valence electrons. The van der Waals surface area contributed by atoms with Crippen LogP contribution in [0.5, 0.6) is 0 Å². The van der Waals surface area contributed by atoms with Gasteiger partial charge in [-0.05, 0) is 22.6 Å². The Labute approximate surface area is 129 Å². The second-order valence-corrected chi connectivity index (χ2v) is 5.15. The Bertz CT molecular complexity index is 806. The van der Waals surface area contributed by atoms with Crippen molar-refractivity contribution in [2.45, 2.75) is 0 Å². The summed E-state index contributed by atoms with van der Waals surface area (Å²) in [6.45, 7) is 0. The zero-order valence-corrected chi connectivity index (χ0v) is 12.5. The summed E-state index contributed by atoms with van der Waals surface area (Å²) >= 11 is 6.63. The highest BCUT2D eigenvalue weighted by molar-refractivity contribution is 6.38. The van der Waals surface area contributed by atoms with Crippen molar-refractivity contribution in [2.24, 2.45) is 0 Å². The van der Waals surface area contributed by atoms with Gasteiger partial charge in [0, 0.05) is 10.9 Å². The van der Waals surface area contributed by atoms with Gasteiger partial charge in [0.25, 0.3) is 0 Å². The first-order chi connectivity index (χ1) is 10.3. The van der Waals surface area contributed by atoms with Crippen LogP contribution in [-0.4, -0.2) is 7.11 Å². The van der Waals surface area contributed by atoms with E-state index in [1.165, 1.54) is 0 Å². The topological polar surface area (TPSA) is 9.23 Å². The van der Waals surface area contributed by atoms with Crippen molar-refractivity contribution in [3.63, 3.8) is 0 Å². The van der Waals surface area contributed by atoms with Gasteiger partial charge < -0.3 is 4.74 Å². The number of halogens is 1. The lowest BCUT2D eigenvalue weighted by Gasteiger charge is -2.11. The van der Waals surface area contributed by atoms with E-state index in [1.807, 2.05) is 30.3 Å². The van der Waals surface area contributed by atoms with Crippen LogP contribution in [0.25, 0.3) is 28.0 Å². The summed E-state index contributed by atoms with van der Waals surface area (Å²) in [6, 6.07) is 20.5. The third-order valence-corrected chi connectivity index (χ3v) is 3.91. The summed E-state index contributed by atoms with van der Waals surface area (Å²) in [6.07, 6.45) is 3.62. The molecule has 3 rings (SSSR count). The Hall–Kier alpha value is -2.25.